The zero-order valence-corrected chi connectivity index (χ0v) is 64.8. The number of hydrogen-bond donors (Lipinski definition) is 3. The van der Waals surface area contributed by atoms with Crippen LogP contribution in [0.15, 0.2) is 24.3 Å². The molecule has 572 valence electrons. The molecule has 0 aliphatic heterocycles. The number of ether oxygens (including phenoxy) is 4. The first kappa shape index (κ1) is 94.5. The van der Waals surface area contributed by atoms with Crippen molar-refractivity contribution in [3.05, 3.63) is 24.3 Å². The Morgan fingerprint density at radius 3 is 0.918 bits per heavy atom. The van der Waals surface area contributed by atoms with E-state index in [1.807, 2.05) is 0 Å². The van der Waals surface area contributed by atoms with Gasteiger partial charge in [-0.1, -0.05) is 323 Å². The number of carbonyl (C=O) groups excluding carboxylic acids is 4. The first-order chi connectivity index (χ1) is 46.8. The van der Waals surface area contributed by atoms with E-state index in [9.17, 15) is 43.2 Å². The molecule has 0 radical (unpaired) electrons. The lowest BCUT2D eigenvalue weighted by molar-refractivity contribution is -0.161. The van der Waals surface area contributed by atoms with Crippen molar-refractivity contribution in [3.8, 4) is 0 Å². The number of hydrogen-bond acceptors (Lipinski definition) is 15. The Morgan fingerprint density at radius 1 is 0.340 bits per heavy atom. The molecule has 0 saturated heterocycles. The second-order valence-corrected chi connectivity index (χ2v) is 31.3. The molecule has 19 heteroatoms. The topological polar surface area (TPSA) is 237 Å². The van der Waals surface area contributed by atoms with Crippen LogP contribution in [0.1, 0.15) is 376 Å². The van der Waals surface area contributed by atoms with Crippen LogP contribution in [0.2, 0.25) is 0 Å². The molecular weight excluding hydrogens is 1270 g/mol. The van der Waals surface area contributed by atoms with Crippen LogP contribution in [0, 0.1) is 17.8 Å². The molecule has 97 heavy (non-hydrogen) atoms. The Balaban J connectivity index is 5.32. The normalized spacial score (nSPS) is 14.8. The fourth-order valence-electron chi connectivity index (χ4n) is 11.4. The summed E-state index contributed by atoms with van der Waals surface area (Å²) in [6.45, 7) is 11.9. The van der Waals surface area contributed by atoms with Crippen LogP contribution in [0.3, 0.4) is 0 Å². The van der Waals surface area contributed by atoms with E-state index in [0.29, 0.717) is 25.7 Å². The van der Waals surface area contributed by atoms with Crippen molar-refractivity contribution >= 4 is 39.5 Å². The number of rotatable bonds is 74. The molecule has 0 aromatic rings. The molecule has 0 aromatic carbocycles. The number of allylic oxidation sites excluding steroid dienone is 4. The number of phosphoric ester groups is 2. The lowest BCUT2D eigenvalue weighted by Gasteiger charge is -2.21. The average Bonchev–Trinajstić information content (AvgIpc) is 1.00. The van der Waals surface area contributed by atoms with Crippen LogP contribution in [-0.2, 0) is 65.4 Å². The third-order valence-electron chi connectivity index (χ3n) is 18.2. The summed E-state index contributed by atoms with van der Waals surface area (Å²) < 4.78 is 68.6. The molecule has 0 amide bonds. The van der Waals surface area contributed by atoms with Crippen molar-refractivity contribution in [3.63, 3.8) is 0 Å². The molecule has 0 aliphatic carbocycles. The summed E-state index contributed by atoms with van der Waals surface area (Å²) in [6.07, 6.45) is 57.5. The first-order valence-electron chi connectivity index (χ1n) is 39.7. The molecule has 0 aliphatic rings. The highest BCUT2D eigenvalue weighted by atomic mass is 31.2. The third-order valence-corrected chi connectivity index (χ3v) is 20.1. The van der Waals surface area contributed by atoms with Gasteiger partial charge in [0.05, 0.1) is 26.4 Å². The minimum absolute atomic E-state index is 0.1000. The van der Waals surface area contributed by atoms with Gasteiger partial charge in [0.15, 0.2) is 12.2 Å². The predicted molar refractivity (Wildman–Crippen MR) is 395 cm³/mol. The Kier molecular flexibility index (Phi) is 66.3. The molecule has 3 N–H and O–H groups in total. The van der Waals surface area contributed by atoms with Gasteiger partial charge in [0.1, 0.15) is 19.3 Å². The maximum absolute atomic E-state index is 13.1. The molecule has 7 atom stereocenters. The highest BCUT2D eigenvalue weighted by Gasteiger charge is 2.30. The SMILES string of the molecule is CCCCCC/C=C\C=C/CCCCCCCC(=O)OC[C@H](COP(=O)(O)OC[C@@H](O)COP(=O)(O)OC[C@@H](COC(=O)CCCCCCCCCCC(C)CC)OC(=O)CCCCCCCCCCCCC(C)CC)OC(=O)CCCCCCCCCCCCCCCC(C)C. The monoisotopic (exact) mass is 1420 g/mol. The molecule has 0 rings (SSSR count). The van der Waals surface area contributed by atoms with Gasteiger partial charge in [-0.25, -0.2) is 9.13 Å². The van der Waals surface area contributed by atoms with Gasteiger partial charge in [0, 0.05) is 25.7 Å². The van der Waals surface area contributed by atoms with Gasteiger partial charge in [0.25, 0.3) is 0 Å². The Morgan fingerprint density at radius 2 is 0.608 bits per heavy atom. The van der Waals surface area contributed by atoms with Crippen molar-refractivity contribution in [1.29, 1.82) is 0 Å². The molecule has 4 unspecified atom stereocenters. The second kappa shape index (κ2) is 68.0. The number of esters is 4. The Bertz CT molecular complexity index is 1990. The third kappa shape index (κ3) is 69.1. The van der Waals surface area contributed by atoms with E-state index in [1.165, 1.54) is 167 Å². The van der Waals surface area contributed by atoms with Gasteiger partial charge in [-0.05, 0) is 69.1 Å². The fraction of sp³-hybridized carbons (Fsp3) is 0.897. The maximum atomic E-state index is 13.1. The van der Waals surface area contributed by atoms with E-state index in [-0.39, 0.29) is 25.7 Å². The molecule has 17 nitrogen and oxygen atoms in total. The number of carbonyl (C=O) groups is 4. The second-order valence-electron chi connectivity index (χ2n) is 28.4. The summed E-state index contributed by atoms with van der Waals surface area (Å²) in [5.74, 6) is 0.216. The van der Waals surface area contributed by atoms with E-state index in [1.54, 1.807) is 0 Å². The van der Waals surface area contributed by atoms with Gasteiger partial charge in [-0.15, -0.1) is 0 Å². The van der Waals surface area contributed by atoms with Crippen LogP contribution in [0.4, 0.5) is 0 Å². The van der Waals surface area contributed by atoms with E-state index < -0.39 is 97.5 Å². The van der Waals surface area contributed by atoms with Crippen LogP contribution < -0.4 is 0 Å². The summed E-state index contributed by atoms with van der Waals surface area (Å²) >= 11 is 0. The summed E-state index contributed by atoms with van der Waals surface area (Å²) in [6, 6.07) is 0. The van der Waals surface area contributed by atoms with E-state index in [4.69, 9.17) is 37.0 Å². The highest BCUT2D eigenvalue weighted by molar-refractivity contribution is 7.47. The van der Waals surface area contributed by atoms with E-state index in [0.717, 1.165) is 127 Å². The zero-order chi connectivity index (χ0) is 71.6. The lowest BCUT2D eigenvalue weighted by Crippen LogP contribution is -2.30. The van der Waals surface area contributed by atoms with Crippen molar-refractivity contribution in [1.82, 2.24) is 0 Å². The lowest BCUT2D eigenvalue weighted by atomic mass is 9.99. The summed E-state index contributed by atoms with van der Waals surface area (Å²) in [5, 5.41) is 10.6. The quantitative estimate of drug-likeness (QED) is 0.0169. The molecule has 0 spiro atoms. The van der Waals surface area contributed by atoms with Crippen molar-refractivity contribution in [2.75, 3.05) is 39.6 Å². The number of phosphoric acid groups is 2. The standard InChI is InChI=1S/C78H148O17P2/c1-8-11-12-13-14-15-16-17-18-21-24-30-38-45-52-59-75(80)88-65-73(94-77(82)61-54-47-40-31-25-22-19-20-23-28-35-42-49-56-69(4)5)67-92-96(84,85)90-63-72(79)64-91-97(86,87)93-68-74(66-89-76(81)60-53-46-39-34-33-37-44-51-58-71(7)10-3)95-78(83)62-55-48-41-32-27-26-29-36-43-50-57-70(6)9-2/h15-18,69-74,79H,8-14,19-68H2,1-7H3,(H,84,85)(H,86,87)/b16-15-,18-17-/t70?,71?,72-,73-,74-/m1/s1. The van der Waals surface area contributed by atoms with Crippen LogP contribution in [0.5, 0.6) is 0 Å². The predicted octanol–water partition coefficient (Wildman–Crippen LogP) is 22.5. The van der Waals surface area contributed by atoms with Crippen LogP contribution >= 0.6 is 15.6 Å². The minimum Gasteiger partial charge on any atom is -0.462 e. The highest BCUT2D eigenvalue weighted by Crippen LogP contribution is 2.45. The first-order valence-corrected chi connectivity index (χ1v) is 42.7. The van der Waals surface area contributed by atoms with Crippen molar-refractivity contribution in [2.45, 2.75) is 394 Å². The van der Waals surface area contributed by atoms with Gasteiger partial charge >= 0.3 is 39.5 Å². The van der Waals surface area contributed by atoms with Crippen molar-refractivity contribution < 1.29 is 80.2 Å². The molecular formula is C78H148O17P2. The summed E-state index contributed by atoms with van der Waals surface area (Å²) in [5.41, 5.74) is 0. The summed E-state index contributed by atoms with van der Waals surface area (Å²) in [7, 11) is -9.93. The Hall–Kier alpha value is -2.46. The fourth-order valence-corrected chi connectivity index (χ4v) is 12.9. The van der Waals surface area contributed by atoms with Gasteiger partial charge in [-0.2, -0.15) is 0 Å². The number of unbranched alkanes of at least 4 members (excludes halogenated alkanes) is 37. The molecule has 0 bridgehead atoms. The van der Waals surface area contributed by atoms with Crippen molar-refractivity contribution in [2.24, 2.45) is 17.8 Å². The zero-order valence-electron chi connectivity index (χ0n) is 63.0. The number of aliphatic hydroxyl groups is 1. The van der Waals surface area contributed by atoms with Crippen LogP contribution in [0.25, 0.3) is 0 Å². The smallest absolute Gasteiger partial charge is 0.462 e. The van der Waals surface area contributed by atoms with Gasteiger partial charge < -0.3 is 33.8 Å². The maximum Gasteiger partial charge on any atom is 0.472 e. The molecule has 0 heterocycles. The molecule has 0 aromatic heterocycles. The Labute approximate surface area is 592 Å². The summed E-state index contributed by atoms with van der Waals surface area (Å²) in [4.78, 5) is 72.9. The van der Waals surface area contributed by atoms with E-state index in [2.05, 4.69) is 72.8 Å². The minimum atomic E-state index is -4.97. The molecule has 0 fully saturated rings. The number of aliphatic hydroxyl groups excluding tert-OH is 1. The van der Waals surface area contributed by atoms with E-state index >= 15 is 0 Å². The van der Waals surface area contributed by atoms with Gasteiger partial charge in [-0.3, -0.25) is 37.3 Å². The largest absolute Gasteiger partial charge is 0.472 e. The van der Waals surface area contributed by atoms with Crippen LogP contribution in [-0.4, -0.2) is 96.7 Å². The molecule has 0 saturated carbocycles. The van der Waals surface area contributed by atoms with Gasteiger partial charge in [0.2, 0.25) is 0 Å². The average molecular weight is 1420 g/mol.